The summed E-state index contributed by atoms with van der Waals surface area (Å²) in [5.74, 6) is 1.46. The van der Waals surface area contributed by atoms with Crippen molar-refractivity contribution < 1.29 is 19.1 Å². The van der Waals surface area contributed by atoms with E-state index in [1.165, 1.54) is 4.90 Å². The van der Waals surface area contributed by atoms with Crippen molar-refractivity contribution in [1.82, 2.24) is 4.98 Å². The maximum absolute atomic E-state index is 5.81. The average Bonchev–Trinajstić information content (AvgIpc) is 3.01. The Balaban J connectivity index is 1.73. The molecule has 5 nitrogen and oxygen atoms in total. The van der Waals surface area contributed by atoms with Gasteiger partial charge in [-0.15, -0.1) is 11.3 Å². The van der Waals surface area contributed by atoms with Crippen LogP contribution in [0.4, 0.5) is 0 Å². The van der Waals surface area contributed by atoms with Crippen molar-refractivity contribution in [3.63, 3.8) is 0 Å². The second-order valence-corrected chi connectivity index (χ2v) is 7.16. The summed E-state index contributed by atoms with van der Waals surface area (Å²) in [4.78, 5) is 6.35. The molecule has 0 spiro atoms. The van der Waals surface area contributed by atoms with E-state index in [0.717, 1.165) is 47.4 Å². The predicted molar refractivity (Wildman–Crippen MR) is 95.1 cm³/mol. The number of nitrogens with one attached hydrogen (secondary N) is 1. The molecule has 1 aromatic carbocycles. The number of methoxy groups -OCH3 is 2. The molecule has 1 aliphatic heterocycles. The Hall–Kier alpha value is -1.63. The van der Waals surface area contributed by atoms with Crippen LogP contribution in [0.25, 0.3) is 10.6 Å². The van der Waals surface area contributed by atoms with Crippen LogP contribution in [-0.4, -0.2) is 44.5 Å². The smallest absolute Gasteiger partial charge is 0.161 e. The number of rotatable bonds is 5. The highest BCUT2D eigenvalue weighted by Gasteiger charge is 2.26. The molecule has 0 amide bonds. The van der Waals surface area contributed by atoms with Gasteiger partial charge in [-0.05, 0) is 32.0 Å². The van der Waals surface area contributed by atoms with Gasteiger partial charge in [0, 0.05) is 10.9 Å². The molecule has 0 aliphatic carbocycles. The van der Waals surface area contributed by atoms with Crippen molar-refractivity contribution >= 4 is 11.3 Å². The third-order valence-electron chi connectivity index (χ3n) is 4.23. The number of aromatic nitrogens is 1. The van der Waals surface area contributed by atoms with E-state index in [0.29, 0.717) is 12.2 Å². The van der Waals surface area contributed by atoms with Gasteiger partial charge in [0.15, 0.2) is 11.5 Å². The maximum atomic E-state index is 5.81. The first-order chi connectivity index (χ1) is 11.6. The maximum Gasteiger partial charge on any atom is 0.161 e. The number of hydrogen-bond acceptors (Lipinski definition) is 5. The first kappa shape index (κ1) is 17.2. The summed E-state index contributed by atoms with van der Waals surface area (Å²) < 4.78 is 16.5. The summed E-state index contributed by atoms with van der Waals surface area (Å²) in [6.07, 6.45) is 0.625. The topological polar surface area (TPSA) is 45.0 Å². The Morgan fingerprint density at radius 1 is 1.17 bits per heavy atom. The van der Waals surface area contributed by atoms with Crippen LogP contribution < -0.4 is 14.4 Å². The monoisotopic (exact) mass is 349 g/mol. The van der Waals surface area contributed by atoms with Gasteiger partial charge in [0.25, 0.3) is 0 Å². The zero-order valence-corrected chi connectivity index (χ0v) is 15.5. The van der Waals surface area contributed by atoms with Crippen molar-refractivity contribution in [3.05, 3.63) is 29.3 Å². The molecule has 2 atom stereocenters. The van der Waals surface area contributed by atoms with Crippen molar-refractivity contribution in [1.29, 1.82) is 0 Å². The lowest BCUT2D eigenvalue weighted by Gasteiger charge is -2.31. The molecule has 1 aromatic heterocycles. The minimum absolute atomic E-state index is 0.313. The van der Waals surface area contributed by atoms with E-state index in [-0.39, 0.29) is 0 Å². The van der Waals surface area contributed by atoms with Gasteiger partial charge >= 0.3 is 0 Å². The molecule has 1 saturated heterocycles. The van der Waals surface area contributed by atoms with Crippen molar-refractivity contribution in [3.8, 4) is 22.1 Å². The van der Waals surface area contributed by atoms with E-state index >= 15 is 0 Å². The molecule has 24 heavy (non-hydrogen) atoms. The van der Waals surface area contributed by atoms with Gasteiger partial charge < -0.3 is 19.1 Å². The number of quaternary nitrogens is 1. The van der Waals surface area contributed by atoms with E-state index in [1.54, 1.807) is 25.6 Å². The Bertz CT molecular complexity index is 679. The fourth-order valence-electron chi connectivity index (χ4n) is 3.28. The Labute approximate surface area is 147 Å². The van der Waals surface area contributed by atoms with Gasteiger partial charge in [0.05, 0.1) is 14.2 Å². The number of thiazole rings is 1. The van der Waals surface area contributed by atoms with Crippen LogP contribution >= 0.6 is 11.3 Å². The van der Waals surface area contributed by atoms with Crippen molar-refractivity contribution in [2.24, 2.45) is 0 Å². The molecule has 0 saturated carbocycles. The lowest BCUT2D eigenvalue weighted by Crippen LogP contribution is -3.14. The highest BCUT2D eigenvalue weighted by Crippen LogP contribution is 2.33. The fourth-order valence-corrected chi connectivity index (χ4v) is 4.10. The van der Waals surface area contributed by atoms with Gasteiger partial charge in [-0.1, -0.05) is 0 Å². The largest absolute Gasteiger partial charge is 0.493 e. The number of ether oxygens (including phenoxy) is 3. The molecule has 2 heterocycles. The van der Waals surface area contributed by atoms with Gasteiger partial charge in [0.2, 0.25) is 0 Å². The van der Waals surface area contributed by atoms with Crippen LogP contribution in [0.15, 0.2) is 23.6 Å². The first-order valence-electron chi connectivity index (χ1n) is 8.25. The molecule has 6 heteroatoms. The number of morpholine rings is 1. The van der Waals surface area contributed by atoms with Crippen LogP contribution in [-0.2, 0) is 11.3 Å². The van der Waals surface area contributed by atoms with Gasteiger partial charge in [-0.2, -0.15) is 0 Å². The van der Waals surface area contributed by atoms with Crippen molar-refractivity contribution in [2.75, 3.05) is 27.3 Å². The van der Waals surface area contributed by atoms with Crippen LogP contribution in [0.2, 0.25) is 0 Å². The van der Waals surface area contributed by atoms with E-state index in [2.05, 4.69) is 19.2 Å². The molecule has 2 aromatic rings. The highest BCUT2D eigenvalue weighted by molar-refractivity contribution is 7.13. The molecule has 1 aliphatic rings. The van der Waals surface area contributed by atoms with E-state index < -0.39 is 0 Å². The predicted octanol–water partition coefficient (Wildman–Crippen LogP) is 2.02. The summed E-state index contributed by atoms with van der Waals surface area (Å²) in [5, 5.41) is 3.17. The Kier molecular flexibility index (Phi) is 5.38. The quantitative estimate of drug-likeness (QED) is 0.897. The van der Waals surface area contributed by atoms with Crippen molar-refractivity contribution in [2.45, 2.75) is 32.6 Å². The molecular formula is C18H25N2O3S+. The minimum Gasteiger partial charge on any atom is -0.493 e. The van der Waals surface area contributed by atoms with Crippen LogP contribution in [0.1, 0.15) is 19.5 Å². The van der Waals surface area contributed by atoms with Crippen LogP contribution in [0.3, 0.4) is 0 Å². The normalized spacial score (nSPS) is 23.9. The Morgan fingerprint density at radius 2 is 1.88 bits per heavy atom. The third kappa shape index (κ3) is 3.88. The van der Waals surface area contributed by atoms with E-state index in [1.807, 2.05) is 18.2 Å². The van der Waals surface area contributed by atoms with E-state index in [4.69, 9.17) is 19.2 Å². The van der Waals surface area contributed by atoms with Crippen LogP contribution in [0.5, 0.6) is 11.5 Å². The lowest BCUT2D eigenvalue weighted by atomic mass is 10.2. The lowest BCUT2D eigenvalue weighted by molar-refractivity contribution is -0.928. The van der Waals surface area contributed by atoms with Gasteiger partial charge in [-0.3, -0.25) is 0 Å². The first-order valence-corrected chi connectivity index (χ1v) is 9.12. The van der Waals surface area contributed by atoms with Gasteiger partial charge in [0.1, 0.15) is 42.5 Å². The molecule has 3 rings (SSSR count). The second kappa shape index (κ2) is 7.51. The summed E-state index contributed by atoms with van der Waals surface area (Å²) >= 11 is 1.67. The standard InChI is InChI=1S/C18H24N2O3S/c1-12-8-20(9-13(2)23-12)10-15-11-24-18(19-15)14-5-6-16(21-3)17(7-14)22-4/h5-7,11-13H,8-10H2,1-4H3/p+1/t12-,13-/m1/s1. The zero-order valence-electron chi connectivity index (χ0n) is 14.7. The van der Waals surface area contributed by atoms with Gasteiger partial charge in [-0.25, -0.2) is 4.98 Å². The average molecular weight is 349 g/mol. The molecule has 1 N–H and O–H groups in total. The molecule has 0 bridgehead atoms. The molecular weight excluding hydrogens is 324 g/mol. The summed E-state index contributed by atoms with van der Waals surface area (Å²) in [6.45, 7) is 7.31. The summed E-state index contributed by atoms with van der Waals surface area (Å²) in [5.41, 5.74) is 2.20. The summed E-state index contributed by atoms with van der Waals surface area (Å²) in [7, 11) is 3.30. The molecule has 130 valence electrons. The molecule has 0 radical (unpaired) electrons. The SMILES string of the molecule is COc1ccc(-c2nc(C[NH+]3C[C@@H](C)O[C@H](C)C3)cs2)cc1OC. The number of benzene rings is 1. The second-order valence-electron chi connectivity index (χ2n) is 6.31. The third-order valence-corrected chi connectivity index (χ3v) is 5.17. The van der Waals surface area contributed by atoms with E-state index in [9.17, 15) is 0 Å². The van der Waals surface area contributed by atoms with Crippen LogP contribution in [0, 0.1) is 0 Å². The highest BCUT2D eigenvalue weighted by atomic mass is 32.1. The zero-order chi connectivity index (χ0) is 17.1. The number of hydrogen-bond donors (Lipinski definition) is 1. The fraction of sp³-hybridized carbons (Fsp3) is 0.500. The number of nitrogens with zero attached hydrogens (tertiary/aromatic N) is 1. The molecule has 0 unspecified atom stereocenters. The minimum atomic E-state index is 0.313. The Morgan fingerprint density at radius 3 is 2.54 bits per heavy atom. The molecule has 1 fully saturated rings. The summed E-state index contributed by atoms with van der Waals surface area (Å²) in [6, 6.07) is 5.93.